The van der Waals surface area contributed by atoms with Crippen LogP contribution in [0.2, 0.25) is 0 Å². The highest BCUT2D eigenvalue weighted by atomic mass is 16.1. The SMILES string of the molecule is O=CNc1nc(NC=O)nc(NC=O)n1. The molecule has 0 radical (unpaired) electrons. The van der Waals surface area contributed by atoms with E-state index in [1.54, 1.807) is 0 Å². The van der Waals surface area contributed by atoms with Crippen LogP contribution in [0.15, 0.2) is 0 Å². The van der Waals surface area contributed by atoms with Crippen LogP contribution in [-0.4, -0.2) is 34.2 Å². The molecule has 1 aromatic heterocycles. The quantitative estimate of drug-likeness (QED) is 0.494. The second-order valence-corrected chi connectivity index (χ2v) is 2.09. The van der Waals surface area contributed by atoms with Gasteiger partial charge in [0.25, 0.3) is 0 Å². The zero-order valence-electron chi connectivity index (χ0n) is 7.30. The third-order valence-electron chi connectivity index (χ3n) is 1.20. The maximum absolute atomic E-state index is 10.1. The van der Waals surface area contributed by atoms with E-state index in [0.717, 1.165) is 0 Å². The molecule has 3 amide bonds. The van der Waals surface area contributed by atoms with E-state index in [4.69, 9.17) is 0 Å². The van der Waals surface area contributed by atoms with Crippen molar-refractivity contribution in [2.45, 2.75) is 0 Å². The Kier molecular flexibility index (Phi) is 3.65. The Labute approximate surface area is 83.3 Å². The second kappa shape index (κ2) is 5.21. The Morgan fingerprint density at radius 1 is 0.667 bits per heavy atom. The highest BCUT2D eigenvalue weighted by molar-refractivity contribution is 5.73. The molecule has 0 fully saturated rings. The highest BCUT2D eigenvalue weighted by Gasteiger charge is 2.04. The van der Waals surface area contributed by atoms with Gasteiger partial charge in [-0.15, -0.1) is 0 Å². The topological polar surface area (TPSA) is 126 Å². The van der Waals surface area contributed by atoms with E-state index in [1.165, 1.54) is 0 Å². The lowest BCUT2D eigenvalue weighted by molar-refractivity contribution is -0.106. The molecule has 0 unspecified atom stereocenters. The summed E-state index contributed by atoms with van der Waals surface area (Å²) in [5, 5.41) is 6.45. The summed E-state index contributed by atoms with van der Waals surface area (Å²) in [6.45, 7) is 0. The standard InChI is InChI=1S/C6H6N6O3/c13-1-7-4-10-5(8-2-14)12-6(11-4)9-3-15/h1-3H,(H3,7,8,9,10,11,12,13,14,15). The van der Waals surface area contributed by atoms with Gasteiger partial charge >= 0.3 is 0 Å². The number of nitrogens with zero attached hydrogens (tertiary/aromatic N) is 3. The van der Waals surface area contributed by atoms with Gasteiger partial charge in [-0.05, 0) is 0 Å². The van der Waals surface area contributed by atoms with Gasteiger partial charge < -0.3 is 0 Å². The number of anilines is 3. The van der Waals surface area contributed by atoms with Gasteiger partial charge in [0.2, 0.25) is 37.1 Å². The van der Waals surface area contributed by atoms with Crippen LogP contribution < -0.4 is 16.0 Å². The number of hydrogen-bond acceptors (Lipinski definition) is 6. The Morgan fingerprint density at radius 3 is 1.13 bits per heavy atom. The van der Waals surface area contributed by atoms with Crippen LogP contribution in [0.25, 0.3) is 0 Å². The minimum Gasteiger partial charge on any atom is -0.297 e. The maximum atomic E-state index is 10.1. The Morgan fingerprint density at radius 2 is 0.933 bits per heavy atom. The van der Waals surface area contributed by atoms with Crippen molar-refractivity contribution in [3.05, 3.63) is 0 Å². The fraction of sp³-hybridized carbons (Fsp3) is 0. The average Bonchev–Trinajstić information content (AvgIpc) is 2.19. The van der Waals surface area contributed by atoms with Crippen LogP contribution in [0.5, 0.6) is 0 Å². The molecule has 0 aromatic carbocycles. The second-order valence-electron chi connectivity index (χ2n) is 2.09. The van der Waals surface area contributed by atoms with Crippen LogP contribution >= 0.6 is 0 Å². The minimum absolute atomic E-state index is 0.0892. The number of amides is 3. The predicted octanol–water partition coefficient (Wildman–Crippen LogP) is -1.42. The molecule has 0 saturated carbocycles. The number of hydrogen-bond donors (Lipinski definition) is 3. The van der Waals surface area contributed by atoms with Gasteiger partial charge in [-0.1, -0.05) is 0 Å². The zero-order valence-corrected chi connectivity index (χ0v) is 7.30. The lowest BCUT2D eigenvalue weighted by atomic mass is 10.8. The van der Waals surface area contributed by atoms with Crippen molar-refractivity contribution in [3.63, 3.8) is 0 Å². The smallest absolute Gasteiger partial charge is 0.235 e. The largest absolute Gasteiger partial charge is 0.297 e. The van der Waals surface area contributed by atoms with Crippen molar-refractivity contribution in [1.82, 2.24) is 15.0 Å². The monoisotopic (exact) mass is 210 g/mol. The van der Waals surface area contributed by atoms with Crippen LogP contribution in [0, 0.1) is 0 Å². The van der Waals surface area contributed by atoms with E-state index >= 15 is 0 Å². The van der Waals surface area contributed by atoms with Gasteiger partial charge in [-0.2, -0.15) is 15.0 Å². The molecule has 15 heavy (non-hydrogen) atoms. The molecule has 9 heteroatoms. The summed E-state index contributed by atoms with van der Waals surface area (Å²) in [6.07, 6.45) is 1.06. The van der Waals surface area contributed by atoms with Gasteiger partial charge in [0, 0.05) is 0 Å². The summed E-state index contributed by atoms with van der Waals surface area (Å²) in [5.74, 6) is -0.267. The molecule has 0 saturated heterocycles. The van der Waals surface area contributed by atoms with E-state index in [9.17, 15) is 14.4 Å². The summed E-state index contributed by atoms with van der Waals surface area (Å²) in [4.78, 5) is 41.3. The molecule has 0 atom stereocenters. The fourth-order valence-electron chi connectivity index (χ4n) is 0.728. The van der Waals surface area contributed by atoms with Gasteiger partial charge in [0.1, 0.15) is 0 Å². The fourth-order valence-corrected chi connectivity index (χ4v) is 0.728. The van der Waals surface area contributed by atoms with E-state index in [2.05, 4.69) is 30.9 Å². The molecule has 1 heterocycles. The van der Waals surface area contributed by atoms with E-state index < -0.39 is 0 Å². The lowest BCUT2D eigenvalue weighted by Gasteiger charge is -2.03. The molecular weight excluding hydrogens is 204 g/mol. The first-order valence-electron chi connectivity index (χ1n) is 3.66. The Bertz CT molecular complexity index is 312. The molecule has 0 aliphatic rings. The van der Waals surface area contributed by atoms with Gasteiger partial charge in [0.15, 0.2) is 0 Å². The van der Waals surface area contributed by atoms with Crippen molar-refractivity contribution in [2.75, 3.05) is 16.0 Å². The molecular formula is C6H6N6O3. The molecule has 1 rings (SSSR count). The van der Waals surface area contributed by atoms with Gasteiger partial charge in [-0.25, -0.2) is 0 Å². The van der Waals surface area contributed by atoms with Crippen molar-refractivity contribution in [3.8, 4) is 0 Å². The molecule has 0 aliphatic carbocycles. The average molecular weight is 210 g/mol. The Hall–Kier alpha value is -2.58. The van der Waals surface area contributed by atoms with Crippen LogP contribution in [0.1, 0.15) is 0 Å². The molecule has 9 nitrogen and oxygen atoms in total. The summed E-state index contributed by atoms with van der Waals surface area (Å²) < 4.78 is 0. The Balaban J connectivity index is 3.00. The molecule has 1 aromatic rings. The van der Waals surface area contributed by atoms with Gasteiger partial charge in [-0.3, -0.25) is 30.3 Å². The van der Waals surface area contributed by atoms with Crippen molar-refractivity contribution < 1.29 is 14.4 Å². The summed E-state index contributed by atoms with van der Waals surface area (Å²) >= 11 is 0. The zero-order chi connectivity index (χ0) is 11.1. The van der Waals surface area contributed by atoms with Crippen LogP contribution in [-0.2, 0) is 14.4 Å². The first-order valence-corrected chi connectivity index (χ1v) is 3.66. The summed E-state index contributed by atoms with van der Waals surface area (Å²) in [5.41, 5.74) is 0. The van der Waals surface area contributed by atoms with E-state index in [1.807, 2.05) is 0 Å². The van der Waals surface area contributed by atoms with Crippen LogP contribution in [0.3, 0.4) is 0 Å². The summed E-state index contributed by atoms with van der Waals surface area (Å²) in [7, 11) is 0. The number of carbonyl (C=O) groups excluding carboxylic acids is 3. The maximum Gasteiger partial charge on any atom is 0.235 e. The summed E-state index contributed by atoms with van der Waals surface area (Å²) in [6, 6.07) is 0. The predicted molar refractivity (Wildman–Crippen MR) is 48.9 cm³/mol. The van der Waals surface area contributed by atoms with E-state index in [-0.39, 0.29) is 17.8 Å². The number of nitrogens with one attached hydrogen (secondary N) is 3. The van der Waals surface area contributed by atoms with Crippen molar-refractivity contribution in [1.29, 1.82) is 0 Å². The van der Waals surface area contributed by atoms with E-state index in [0.29, 0.717) is 19.2 Å². The lowest BCUT2D eigenvalue weighted by Crippen LogP contribution is -2.10. The molecule has 0 spiro atoms. The first kappa shape index (κ1) is 10.5. The van der Waals surface area contributed by atoms with Crippen LogP contribution in [0.4, 0.5) is 17.8 Å². The molecule has 78 valence electrons. The third-order valence-corrected chi connectivity index (χ3v) is 1.20. The van der Waals surface area contributed by atoms with Crippen molar-refractivity contribution in [2.24, 2.45) is 0 Å². The third kappa shape index (κ3) is 2.99. The van der Waals surface area contributed by atoms with Crippen molar-refractivity contribution >= 4 is 37.1 Å². The minimum atomic E-state index is -0.0892. The molecule has 0 bridgehead atoms. The number of aromatic nitrogens is 3. The normalized spacial score (nSPS) is 8.80. The molecule has 0 aliphatic heterocycles. The number of carbonyl (C=O) groups is 3. The number of rotatable bonds is 6. The highest BCUT2D eigenvalue weighted by Crippen LogP contribution is 2.06. The van der Waals surface area contributed by atoms with Gasteiger partial charge in [0.05, 0.1) is 0 Å². The first-order chi connectivity index (χ1) is 7.30. The molecule has 3 N–H and O–H groups in total.